The third-order valence-corrected chi connectivity index (χ3v) is 5.16. The van der Waals surface area contributed by atoms with Crippen molar-refractivity contribution in [2.24, 2.45) is 17.3 Å². The molecule has 0 N–H and O–H groups in total. The smallest absolute Gasteiger partial charge is 0.165 e. The van der Waals surface area contributed by atoms with E-state index in [1.165, 1.54) is 31.4 Å². The number of rotatable bonds is 2. The minimum atomic E-state index is 0.125. The van der Waals surface area contributed by atoms with Gasteiger partial charge < -0.3 is 4.57 Å². The summed E-state index contributed by atoms with van der Waals surface area (Å²) in [6, 6.07) is 2.05. The molecule has 2 nitrogen and oxygen atoms in total. The first kappa shape index (κ1) is 13.9. The summed E-state index contributed by atoms with van der Waals surface area (Å²) < 4.78 is 2.39. The van der Waals surface area contributed by atoms with E-state index in [2.05, 4.69) is 37.6 Å². The van der Waals surface area contributed by atoms with Crippen LogP contribution in [0.15, 0.2) is 12.3 Å². The summed E-state index contributed by atoms with van der Waals surface area (Å²) in [6.45, 7) is 7.93. The zero-order chi connectivity index (χ0) is 14.3. The van der Waals surface area contributed by atoms with E-state index >= 15 is 0 Å². The number of hydrogen-bond donors (Lipinski definition) is 0. The summed E-state index contributed by atoms with van der Waals surface area (Å²) in [6.07, 6.45) is 9.38. The molecule has 3 rings (SSSR count). The number of Topliss-reactive ketones (excluding diaryl/α,β-unsaturated/α-hetero) is 1. The van der Waals surface area contributed by atoms with Crippen molar-refractivity contribution >= 4 is 5.78 Å². The van der Waals surface area contributed by atoms with Crippen molar-refractivity contribution in [3.63, 3.8) is 0 Å². The maximum absolute atomic E-state index is 12.2. The van der Waals surface area contributed by atoms with Gasteiger partial charge in [0.05, 0.1) is 0 Å². The lowest BCUT2D eigenvalue weighted by Crippen LogP contribution is -2.29. The van der Waals surface area contributed by atoms with Crippen LogP contribution >= 0.6 is 0 Å². The highest BCUT2D eigenvalue weighted by molar-refractivity contribution is 5.98. The largest absolute Gasteiger partial charge is 0.350 e. The second kappa shape index (κ2) is 5.05. The molecule has 1 aromatic rings. The lowest BCUT2D eigenvalue weighted by atomic mass is 9.76. The van der Waals surface area contributed by atoms with Gasteiger partial charge in [-0.2, -0.15) is 0 Å². The summed E-state index contributed by atoms with van der Waals surface area (Å²) >= 11 is 0. The molecule has 2 atom stereocenters. The van der Waals surface area contributed by atoms with Crippen LogP contribution in [0.1, 0.15) is 68.9 Å². The van der Waals surface area contributed by atoms with Crippen LogP contribution in [0.3, 0.4) is 0 Å². The molecule has 1 heterocycles. The van der Waals surface area contributed by atoms with Crippen molar-refractivity contribution in [3.8, 4) is 0 Å². The second-order valence-electron chi connectivity index (χ2n) is 7.91. The zero-order valence-corrected chi connectivity index (χ0v) is 13.1. The fraction of sp³-hybridized carbons (Fsp3) is 0.722. The van der Waals surface area contributed by atoms with Gasteiger partial charge in [0, 0.05) is 30.4 Å². The zero-order valence-electron chi connectivity index (χ0n) is 13.1. The molecule has 1 saturated carbocycles. The SMILES string of the molecule is CC1CCCC(Cn2ccc3c2CC(C)(C)CC3=O)C1. The average Bonchev–Trinajstić information content (AvgIpc) is 2.71. The van der Waals surface area contributed by atoms with Crippen LogP contribution in [0, 0.1) is 17.3 Å². The predicted octanol–water partition coefficient (Wildman–Crippen LogP) is 4.47. The molecule has 0 radical (unpaired) electrons. The van der Waals surface area contributed by atoms with Gasteiger partial charge in [0.15, 0.2) is 5.78 Å². The van der Waals surface area contributed by atoms with Gasteiger partial charge in [0.1, 0.15) is 0 Å². The Balaban J connectivity index is 1.80. The van der Waals surface area contributed by atoms with Crippen LogP contribution in [0.2, 0.25) is 0 Å². The maximum Gasteiger partial charge on any atom is 0.165 e. The number of hydrogen-bond acceptors (Lipinski definition) is 1. The Hall–Kier alpha value is -1.05. The molecule has 0 aliphatic heterocycles. The normalized spacial score (nSPS) is 29.2. The first-order valence-corrected chi connectivity index (χ1v) is 8.16. The van der Waals surface area contributed by atoms with E-state index in [1.807, 2.05) is 0 Å². The van der Waals surface area contributed by atoms with Crippen LogP contribution in [0.5, 0.6) is 0 Å². The highest BCUT2D eigenvalue weighted by Gasteiger charge is 2.33. The number of fused-ring (bicyclic) bond motifs is 1. The van der Waals surface area contributed by atoms with Gasteiger partial charge in [-0.25, -0.2) is 0 Å². The Morgan fingerprint density at radius 1 is 1.30 bits per heavy atom. The number of ketones is 1. The van der Waals surface area contributed by atoms with Crippen molar-refractivity contribution in [1.82, 2.24) is 4.57 Å². The van der Waals surface area contributed by atoms with Gasteiger partial charge in [-0.3, -0.25) is 4.79 Å². The maximum atomic E-state index is 12.2. The number of aromatic nitrogens is 1. The molecule has 0 bridgehead atoms. The van der Waals surface area contributed by atoms with Crippen LogP contribution in [0.4, 0.5) is 0 Å². The molecular weight excluding hydrogens is 246 g/mol. The Morgan fingerprint density at radius 2 is 2.10 bits per heavy atom. The lowest BCUT2D eigenvalue weighted by molar-refractivity contribution is 0.0909. The Bertz CT molecular complexity index is 511. The molecule has 0 spiro atoms. The standard InChI is InChI=1S/C18H27NO/c1-13-5-4-6-14(9-13)12-19-8-7-15-16(19)10-18(2,3)11-17(15)20/h7-8,13-14H,4-6,9-12H2,1-3H3. The third-order valence-electron chi connectivity index (χ3n) is 5.16. The molecule has 0 saturated heterocycles. The van der Waals surface area contributed by atoms with Gasteiger partial charge >= 0.3 is 0 Å². The summed E-state index contributed by atoms with van der Waals surface area (Å²) in [5.41, 5.74) is 2.41. The Kier molecular flexibility index (Phi) is 3.51. The number of nitrogens with zero attached hydrogens (tertiary/aromatic N) is 1. The molecule has 0 aromatic carbocycles. The first-order chi connectivity index (χ1) is 9.44. The predicted molar refractivity (Wildman–Crippen MR) is 82.0 cm³/mol. The summed E-state index contributed by atoms with van der Waals surface area (Å²) in [5.74, 6) is 2.01. The fourth-order valence-corrected chi connectivity index (χ4v) is 4.18. The van der Waals surface area contributed by atoms with Gasteiger partial charge in [-0.1, -0.05) is 33.6 Å². The molecule has 110 valence electrons. The molecular formula is C18H27NO. The quantitative estimate of drug-likeness (QED) is 0.779. The second-order valence-corrected chi connectivity index (χ2v) is 7.91. The van der Waals surface area contributed by atoms with Crippen molar-refractivity contribution in [1.29, 1.82) is 0 Å². The Morgan fingerprint density at radius 3 is 2.85 bits per heavy atom. The first-order valence-electron chi connectivity index (χ1n) is 8.16. The van der Waals surface area contributed by atoms with E-state index in [9.17, 15) is 4.79 Å². The van der Waals surface area contributed by atoms with Gasteiger partial charge in [0.25, 0.3) is 0 Å². The summed E-state index contributed by atoms with van der Waals surface area (Å²) in [4.78, 5) is 12.2. The van der Waals surface area contributed by atoms with Gasteiger partial charge in [0.2, 0.25) is 0 Å². The summed E-state index contributed by atoms with van der Waals surface area (Å²) in [5, 5.41) is 0. The van der Waals surface area contributed by atoms with E-state index in [0.717, 1.165) is 30.4 Å². The fourth-order valence-electron chi connectivity index (χ4n) is 4.18. The van der Waals surface area contributed by atoms with Crippen molar-refractivity contribution in [2.45, 2.75) is 65.8 Å². The van der Waals surface area contributed by atoms with E-state index < -0.39 is 0 Å². The number of carbonyl (C=O) groups is 1. The highest BCUT2D eigenvalue weighted by Crippen LogP contribution is 2.36. The molecule has 0 amide bonds. The van der Waals surface area contributed by atoms with Gasteiger partial charge in [-0.15, -0.1) is 0 Å². The lowest BCUT2D eigenvalue weighted by Gasteiger charge is -2.32. The van der Waals surface area contributed by atoms with Crippen molar-refractivity contribution in [2.75, 3.05) is 0 Å². The van der Waals surface area contributed by atoms with E-state index in [1.54, 1.807) is 0 Å². The van der Waals surface area contributed by atoms with Crippen molar-refractivity contribution in [3.05, 3.63) is 23.5 Å². The Labute approximate surface area is 122 Å². The van der Waals surface area contributed by atoms with Crippen LogP contribution in [-0.2, 0) is 13.0 Å². The van der Waals surface area contributed by atoms with E-state index in [-0.39, 0.29) is 5.41 Å². The molecule has 1 fully saturated rings. The average molecular weight is 273 g/mol. The van der Waals surface area contributed by atoms with Crippen LogP contribution in [-0.4, -0.2) is 10.4 Å². The third kappa shape index (κ3) is 2.70. The highest BCUT2D eigenvalue weighted by atomic mass is 16.1. The molecule has 1 aromatic heterocycles. The van der Waals surface area contributed by atoms with Crippen molar-refractivity contribution < 1.29 is 4.79 Å². The molecule has 20 heavy (non-hydrogen) atoms. The topological polar surface area (TPSA) is 22.0 Å². The molecule has 2 aliphatic carbocycles. The minimum absolute atomic E-state index is 0.125. The van der Waals surface area contributed by atoms with Crippen LogP contribution in [0.25, 0.3) is 0 Å². The summed E-state index contributed by atoms with van der Waals surface area (Å²) in [7, 11) is 0. The van der Waals surface area contributed by atoms with Gasteiger partial charge in [-0.05, 0) is 42.6 Å². The number of carbonyl (C=O) groups excluding carboxylic acids is 1. The molecule has 2 unspecified atom stereocenters. The van der Waals surface area contributed by atoms with Crippen LogP contribution < -0.4 is 0 Å². The van der Waals surface area contributed by atoms with E-state index in [4.69, 9.17) is 0 Å². The monoisotopic (exact) mass is 273 g/mol. The minimum Gasteiger partial charge on any atom is -0.350 e. The molecule has 2 aliphatic rings. The molecule has 2 heteroatoms. The van der Waals surface area contributed by atoms with E-state index in [0.29, 0.717) is 12.2 Å².